The molecule has 0 bridgehead atoms. The van der Waals surface area contributed by atoms with Gasteiger partial charge in [-0.2, -0.15) is 4.98 Å². The summed E-state index contributed by atoms with van der Waals surface area (Å²) in [6, 6.07) is 6.14. The van der Waals surface area contributed by atoms with Crippen LogP contribution in [0.2, 0.25) is 0 Å². The van der Waals surface area contributed by atoms with E-state index in [1.54, 1.807) is 0 Å². The zero-order chi connectivity index (χ0) is 12.7. The first kappa shape index (κ1) is 11.3. The lowest BCUT2D eigenvalue weighted by molar-refractivity contribution is -0.00874. The highest BCUT2D eigenvalue weighted by Gasteiger charge is 2.31. The first-order chi connectivity index (χ1) is 8.61. The van der Waals surface area contributed by atoms with Crippen LogP contribution in [0.4, 0.5) is 11.7 Å². The molecule has 96 valence electrons. The van der Waals surface area contributed by atoms with Crippen molar-refractivity contribution in [3.8, 4) is 0 Å². The van der Waals surface area contributed by atoms with Gasteiger partial charge < -0.3 is 19.8 Å². The molecule has 1 saturated heterocycles. The Morgan fingerprint density at radius 2 is 2.22 bits per heavy atom. The van der Waals surface area contributed by atoms with Crippen molar-refractivity contribution in [3.05, 3.63) is 18.2 Å². The molecule has 0 atom stereocenters. The maximum absolute atomic E-state index is 5.72. The van der Waals surface area contributed by atoms with E-state index in [1.165, 1.54) is 0 Å². The summed E-state index contributed by atoms with van der Waals surface area (Å²) in [7, 11) is 0. The van der Waals surface area contributed by atoms with E-state index >= 15 is 0 Å². The summed E-state index contributed by atoms with van der Waals surface area (Å²) in [6.45, 7) is 5.76. The van der Waals surface area contributed by atoms with Crippen LogP contribution in [0.3, 0.4) is 0 Å². The minimum Gasteiger partial charge on any atom is -0.423 e. The lowest BCUT2D eigenvalue weighted by Crippen LogP contribution is -2.53. The van der Waals surface area contributed by atoms with Crippen LogP contribution in [0, 0.1) is 0 Å². The van der Waals surface area contributed by atoms with E-state index in [2.05, 4.69) is 9.88 Å². The summed E-state index contributed by atoms with van der Waals surface area (Å²) in [5.74, 6) is 0. The van der Waals surface area contributed by atoms with Crippen molar-refractivity contribution in [1.29, 1.82) is 0 Å². The Morgan fingerprint density at radius 1 is 1.44 bits per heavy atom. The molecule has 5 nitrogen and oxygen atoms in total. The van der Waals surface area contributed by atoms with E-state index in [9.17, 15) is 0 Å². The fourth-order valence-electron chi connectivity index (χ4n) is 2.13. The number of nitrogens with two attached hydrogens (primary N) is 1. The minimum absolute atomic E-state index is 0.264. The molecule has 0 aliphatic carbocycles. The first-order valence-electron chi connectivity index (χ1n) is 6.18. The third-order valence-electron chi connectivity index (χ3n) is 2.98. The number of benzene rings is 1. The van der Waals surface area contributed by atoms with Gasteiger partial charge in [-0.15, -0.1) is 0 Å². The lowest BCUT2D eigenvalue weighted by Gasteiger charge is -2.38. The van der Waals surface area contributed by atoms with E-state index in [0.717, 1.165) is 24.2 Å². The van der Waals surface area contributed by atoms with E-state index in [1.807, 2.05) is 32.0 Å². The fraction of sp³-hybridized carbons (Fsp3) is 0.462. The predicted molar refractivity (Wildman–Crippen MR) is 70.6 cm³/mol. The molecule has 2 heterocycles. The van der Waals surface area contributed by atoms with Crippen LogP contribution in [-0.4, -0.2) is 30.3 Å². The van der Waals surface area contributed by atoms with Crippen LogP contribution >= 0.6 is 0 Å². The van der Waals surface area contributed by atoms with Crippen LogP contribution in [0.5, 0.6) is 0 Å². The van der Waals surface area contributed by atoms with E-state index in [-0.39, 0.29) is 12.2 Å². The topological polar surface area (TPSA) is 64.5 Å². The van der Waals surface area contributed by atoms with Gasteiger partial charge in [0.2, 0.25) is 0 Å². The maximum Gasteiger partial charge on any atom is 0.298 e. The Kier molecular flexibility index (Phi) is 2.63. The number of oxazole rings is 1. The van der Waals surface area contributed by atoms with Crippen molar-refractivity contribution in [3.63, 3.8) is 0 Å². The predicted octanol–water partition coefficient (Wildman–Crippen LogP) is 2.02. The summed E-state index contributed by atoms with van der Waals surface area (Å²) in [4.78, 5) is 6.51. The van der Waals surface area contributed by atoms with Crippen LogP contribution in [0.15, 0.2) is 22.6 Å². The molecule has 1 aromatic carbocycles. The highest BCUT2D eigenvalue weighted by Crippen LogP contribution is 2.27. The molecule has 0 saturated carbocycles. The number of anilines is 2. The van der Waals surface area contributed by atoms with Crippen molar-refractivity contribution in [2.75, 3.05) is 23.7 Å². The molecule has 18 heavy (non-hydrogen) atoms. The second-order valence-corrected chi connectivity index (χ2v) is 4.94. The molecule has 1 aliphatic heterocycles. The molecule has 1 aromatic heterocycles. The van der Waals surface area contributed by atoms with Gasteiger partial charge in [-0.1, -0.05) is 0 Å². The first-order valence-corrected chi connectivity index (χ1v) is 6.18. The molecule has 2 N–H and O–H groups in total. The molecule has 5 heteroatoms. The van der Waals surface area contributed by atoms with Crippen LogP contribution in [0.1, 0.15) is 13.8 Å². The zero-order valence-electron chi connectivity index (χ0n) is 10.6. The highest BCUT2D eigenvalue weighted by molar-refractivity contribution is 5.78. The van der Waals surface area contributed by atoms with Gasteiger partial charge >= 0.3 is 0 Å². The van der Waals surface area contributed by atoms with E-state index < -0.39 is 0 Å². The monoisotopic (exact) mass is 247 g/mol. The Morgan fingerprint density at radius 3 is 2.94 bits per heavy atom. The molecule has 1 aliphatic rings. The summed E-state index contributed by atoms with van der Waals surface area (Å²) < 4.78 is 11.4. The number of nitrogen functional groups attached to an aromatic ring is 1. The standard InChI is InChI=1S/C13H17N3O2/c1-8(2)17-10-6-16(7-10)13-15-11-5-9(14)3-4-12(11)18-13/h3-5,8,10H,6-7,14H2,1-2H3. The number of rotatable bonds is 3. The Labute approximate surface area is 106 Å². The molecule has 0 radical (unpaired) electrons. The lowest BCUT2D eigenvalue weighted by atomic mass is 10.2. The molecule has 0 amide bonds. The summed E-state index contributed by atoms with van der Waals surface area (Å²) >= 11 is 0. The van der Waals surface area contributed by atoms with Gasteiger partial charge in [-0.25, -0.2) is 0 Å². The molecule has 0 spiro atoms. The molecule has 3 rings (SSSR count). The van der Waals surface area contributed by atoms with Gasteiger partial charge in [0.1, 0.15) is 5.52 Å². The number of hydrogen-bond acceptors (Lipinski definition) is 5. The van der Waals surface area contributed by atoms with Crippen molar-refractivity contribution in [2.24, 2.45) is 0 Å². The van der Waals surface area contributed by atoms with Crippen LogP contribution in [0.25, 0.3) is 11.1 Å². The summed E-state index contributed by atoms with van der Waals surface area (Å²) in [5.41, 5.74) is 7.99. The van der Waals surface area contributed by atoms with Gasteiger partial charge in [0.15, 0.2) is 5.58 Å². The number of hydrogen-bond donors (Lipinski definition) is 1. The van der Waals surface area contributed by atoms with E-state index in [0.29, 0.717) is 11.7 Å². The van der Waals surface area contributed by atoms with Gasteiger partial charge in [0.05, 0.1) is 25.3 Å². The van der Waals surface area contributed by atoms with Gasteiger partial charge in [-0.05, 0) is 32.0 Å². The molecular weight excluding hydrogens is 230 g/mol. The summed E-state index contributed by atoms with van der Waals surface area (Å²) in [5, 5.41) is 0. The third kappa shape index (κ3) is 2.01. The molecular formula is C13H17N3O2. The second kappa shape index (κ2) is 4.17. The van der Waals surface area contributed by atoms with Crippen molar-refractivity contribution in [1.82, 2.24) is 4.98 Å². The fourth-order valence-corrected chi connectivity index (χ4v) is 2.13. The number of fused-ring (bicyclic) bond motifs is 1. The number of nitrogens with zero attached hydrogens (tertiary/aromatic N) is 2. The summed E-state index contributed by atoms with van der Waals surface area (Å²) in [6.07, 6.45) is 0.547. The highest BCUT2D eigenvalue weighted by atomic mass is 16.5. The van der Waals surface area contributed by atoms with Crippen molar-refractivity contribution >= 4 is 22.8 Å². The Bertz CT molecular complexity index is 558. The average Bonchev–Trinajstić information content (AvgIpc) is 2.64. The van der Waals surface area contributed by atoms with Crippen LogP contribution < -0.4 is 10.6 Å². The zero-order valence-corrected chi connectivity index (χ0v) is 10.6. The van der Waals surface area contributed by atoms with Gasteiger partial charge in [-0.3, -0.25) is 0 Å². The quantitative estimate of drug-likeness (QED) is 0.841. The van der Waals surface area contributed by atoms with Crippen LogP contribution in [-0.2, 0) is 4.74 Å². The van der Waals surface area contributed by atoms with Crippen molar-refractivity contribution in [2.45, 2.75) is 26.1 Å². The Hall–Kier alpha value is -1.75. The SMILES string of the molecule is CC(C)OC1CN(c2nc3cc(N)ccc3o2)C1. The number of aromatic nitrogens is 1. The molecule has 2 aromatic rings. The van der Waals surface area contributed by atoms with Gasteiger partial charge in [0, 0.05) is 5.69 Å². The largest absolute Gasteiger partial charge is 0.423 e. The van der Waals surface area contributed by atoms with Crippen molar-refractivity contribution < 1.29 is 9.15 Å². The Balaban J connectivity index is 1.73. The maximum atomic E-state index is 5.72. The van der Waals surface area contributed by atoms with E-state index in [4.69, 9.17) is 14.9 Å². The molecule has 1 fully saturated rings. The average molecular weight is 247 g/mol. The minimum atomic E-state index is 0.264. The van der Waals surface area contributed by atoms with Gasteiger partial charge in [0.25, 0.3) is 6.01 Å². The number of ether oxygens (including phenoxy) is 1. The molecule has 0 unspecified atom stereocenters. The smallest absolute Gasteiger partial charge is 0.298 e. The normalized spacial score (nSPS) is 16.5. The third-order valence-corrected chi connectivity index (χ3v) is 2.98. The second-order valence-electron chi connectivity index (χ2n) is 4.94.